The molecule has 2 aromatic rings. The van der Waals surface area contributed by atoms with Gasteiger partial charge in [-0.25, -0.2) is 9.97 Å². The van der Waals surface area contributed by atoms with Gasteiger partial charge in [0.15, 0.2) is 0 Å². The van der Waals surface area contributed by atoms with E-state index in [2.05, 4.69) is 62.3 Å². The molecule has 110 valence electrons. The van der Waals surface area contributed by atoms with Gasteiger partial charge in [0.25, 0.3) is 0 Å². The molecule has 2 rings (SSSR count). The highest BCUT2D eigenvalue weighted by Crippen LogP contribution is 2.31. The average Bonchev–Trinajstić information content (AvgIpc) is 2.96. The van der Waals surface area contributed by atoms with Gasteiger partial charge in [-0.1, -0.05) is 41.5 Å². The Morgan fingerprint density at radius 3 is 2.05 bits per heavy atom. The molecule has 0 aromatic carbocycles. The Kier molecular flexibility index (Phi) is 4.06. The second-order valence-electron chi connectivity index (χ2n) is 7.13. The van der Waals surface area contributed by atoms with E-state index < -0.39 is 0 Å². The Morgan fingerprint density at radius 1 is 0.950 bits per heavy atom. The van der Waals surface area contributed by atoms with Gasteiger partial charge in [-0.05, 0) is 0 Å². The van der Waals surface area contributed by atoms with Crippen molar-refractivity contribution in [3.63, 3.8) is 0 Å². The van der Waals surface area contributed by atoms with Crippen LogP contribution in [-0.2, 0) is 10.8 Å². The van der Waals surface area contributed by atoms with Gasteiger partial charge in [0.05, 0.1) is 16.4 Å². The van der Waals surface area contributed by atoms with Crippen LogP contribution >= 0.6 is 22.7 Å². The molecule has 2 N–H and O–H groups in total. The van der Waals surface area contributed by atoms with Crippen LogP contribution in [0, 0.1) is 0 Å². The van der Waals surface area contributed by atoms with Crippen molar-refractivity contribution in [3.8, 4) is 0 Å². The number of aromatic nitrogens is 2. The van der Waals surface area contributed by atoms with Gasteiger partial charge in [0.2, 0.25) is 0 Å². The van der Waals surface area contributed by atoms with Crippen molar-refractivity contribution in [1.29, 1.82) is 0 Å². The first-order valence-corrected chi connectivity index (χ1v) is 8.52. The molecule has 1 atom stereocenters. The lowest BCUT2D eigenvalue weighted by molar-refractivity contribution is 0.568. The molecule has 3 nitrogen and oxygen atoms in total. The number of nitrogens with zero attached hydrogens (tertiary/aromatic N) is 2. The van der Waals surface area contributed by atoms with Gasteiger partial charge in [0, 0.05) is 21.6 Å². The van der Waals surface area contributed by atoms with E-state index in [-0.39, 0.29) is 16.9 Å². The summed E-state index contributed by atoms with van der Waals surface area (Å²) in [6.07, 6.45) is 0. The zero-order valence-corrected chi connectivity index (χ0v) is 14.7. The van der Waals surface area contributed by atoms with E-state index in [1.807, 2.05) is 0 Å². The molecule has 20 heavy (non-hydrogen) atoms. The highest BCUT2D eigenvalue weighted by molar-refractivity contribution is 7.10. The van der Waals surface area contributed by atoms with Crippen LogP contribution < -0.4 is 5.73 Å². The molecule has 0 aliphatic rings. The SMILES string of the molecule is CC(C)(C)c1csc(C(N)c2csc(C(C)(C)C)n2)n1. The zero-order chi connectivity index (χ0) is 15.1. The van der Waals surface area contributed by atoms with E-state index in [0.29, 0.717) is 0 Å². The minimum absolute atomic E-state index is 0.0626. The predicted molar refractivity (Wildman–Crippen MR) is 87.7 cm³/mol. The van der Waals surface area contributed by atoms with E-state index in [1.165, 1.54) is 0 Å². The van der Waals surface area contributed by atoms with E-state index >= 15 is 0 Å². The Hall–Kier alpha value is -0.780. The fourth-order valence-electron chi connectivity index (χ4n) is 1.67. The van der Waals surface area contributed by atoms with Crippen molar-refractivity contribution in [2.24, 2.45) is 5.73 Å². The Balaban J connectivity index is 2.25. The molecule has 1 unspecified atom stereocenters. The number of nitrogens with two attached hydrogens (primary N) is 1. The van der Waals surface area contributed by atoms with Crippen molar-refractivity contribution in [2.75, 3.05) is 0 Å². The van der Waals surface area contributed by atoms with E-state index in [1.54, 1.807) is 22.7 Å². The Labute approximate surface area is 129 Å². The summed E-state index contributed by atoms with van der Waals surface area (Å²) in [4.78, 5) is 9.38. The van der Waals surface area contributed by atoms with Gasteiger partial charge in [-0.15, -0.1) is 22.7 Å². The third-order valence-electron chi connectivity index (χ3n) is 3.04. The van der Waals surface area contributed by atoms with Crippen LogP contribution in [0.25, 0.3) is 0 Å². The lowest BCUT2D eigenvalue weighted by Gasteiger charge is -2.15. The van der Waals surface area contributed by atoms with Gasteiger partial charge in [0.1, 0.15) is 11.0 Å². The molecule has 0 fully saturated rings. The van der Waals surface area contributed by atoms with Crippen molar-refractivity contribution in [1.82, 2.24) is 9.97 Å². The molecule has 2 heterocycles. The summed E-state index contributed by atoms with van der Waals surface area (Å²) in [7, 11) is 0. The molecule has 0 saturated heterocycles. The molecule has 0 spiro atoms. The van der Waals surface area contributed by atoms with Crippen LogP contribution in [0.5, 0.6) is 0 Å². The number of hydrogen-bond acceptors (Lipinski definition) is 5. The fourth-order valence-corrected chi connectivity index (χ4v) is 3.68. The van der Waals surface area contributed by atoms with Crippen molar-refractivity contribution in [3.05, 3.63) is 32.2 Å². The molecular weight excluding hydrogens is 286 g/mol. The highest BCUT2D eigenvalue weighted by atomic mass is 32.1. The summed E-state index contributed by atoms with van der Waals surface area (Å²) >= 11 is 3.30. The van der Waals surface area contributed by atoms with Gasteiger partial charge < -0.3 is 5.73 Å². The summed E-state index contributed by atoms with van der Waals surface area (Å²) in [5.74, 6) is 0. The minimum Gasteiger partial charge on any atom is -0.317 e. The molecule has 0 radical (unpaired) electrons. The van der Waals surface area contributed by atoms with Gasteiger partial charge in [-0.2, -0.15) is 0 Å². The largest absolute Gasteiger partial charge is 0.317 e. The smallest absolute Gasteiger partial charge is 0.116 e. The summed E-state index contributed by atoms with van der Waals surface area (Å²) in [6.45, 7) is 13.0. The van der Waals surface area contributed by atoms with Gasteiger partial charge in [-0.3, -0.25) is 0 Å². The van der Waals surface area contributed by atoms with E-state index in [0.717, 1.165) is 21.4 Å². The zero-order valence-electron chi connectivity index (χ0n) is 13.0. The molecule has 0 amide bonds. The van der Waals surface area contributed by atoms with Crippen LogP contribution in [0.4, 0.5) is 0 Å². The number of thiazole rings is 2. The maximum atomic E-state index is 6.32. The maximum Gasteiger partial charge on any atom is 0.116 e. The molecule has 0 aliphatic carbocycles. The minimum atomic E-state index is -0.219. The second kappa shape index (κ2) is 5.20. The first-order chi connectivity index (χ1) is 9.09. The normalized spacial score (nSPS) is 14.6. The monoisotopic (exact) mass is 309 g/mol. The first kappa shape index (κ1) is 15.6. The van der Waals surface area contributed by atoms with Crippen LogP contribution in [-0.4, -0.2) is 9.97 Å². The van der Waals surface area contributed by atoms with Crippen molar-refractivity contribution < 1.29 is 0 Å². The van der Waals surface area contributed by atoms with Crippen molar-refractivity contribution >= 4 is 22.7 Å². The Morgan fingerprint density at radius 2 is 1.60 bits per heavy atom. The predicted octanol–water partition coefficient (Wildman–Crippen LogP) is 4.24. The maximum absolute atomic E-state index is 6.32. The molecule has 5 heteroatoms. The van der Waals surface area contributed by atoms with Crippen LogP contribution in [0.1, 0.15) is 69.0 Å². The fraction of sp³-hybridized carbons (Fsp3) is 0.600. The topological polar surface area (TPSA) is 51.8 Å². The van der Waals surface area contributed by atoms with Gasteiger partial charge >= 0.3 is 0 Å². The summed E-state index contributed by atoms with van der Waals surface area (Å²) in [5.41, 5.74) is 8.48. The number of rotatable bonds is 2. The summed E-state index contributed by atoms with van der Waals surface area (Å²) in [5, 5.41) is 6.23. The van der Waals surface area contributed by atoms with Crippen LogP contribution in [0.3, 0.4) is 0 Å². The molecule has 0 bridgehead atoms. The number of hydrogen-bond donors (Lipinski definition) is 1. The standard InChI is InChI=1S/C15H23N3S2/c1-14(2,3)10-8-19-12(18-10)11(16)9-7-20-13(17-9)15(4,5)6/h7-8,11H,16H2,1-6H3. The molecule has 0 aliphatic heterocycles. The van der Waals surface area contributed by atoms with Crippen LogP contribution in [0.15, 0.2) is 10.8 Å². The average molecular weight is 310 g/mol. The lowest BCUT2D eigenvalue weighted by atomic mass is 9.93. The van der Waals surface area contributed by atoms with Crippen molar-refractivity contribution in [2.45, 2.75) is 58.4 Å². The third-order valence-corrected chi connectivity index (χ3v) is 5.25. The Bertz CT molecular complexity index is 533. The quantitative estimate of drug-likeness (QED) is 0.902. The first-order valence-electron chi connectivity index (χ1n) is 6.76. The van der Waals surface area contributed by atoms with E-state index in [9.17, 15) is 0 Å². The summed E-state index contributed by atoms with van der Waals surface area (Å²) < 4.78 is 0. The summed E-state index contributed by atoms with van der Waals surface area (Å²) in [6, 6.07) is -0.219. The highest BCUT2D eigenvalue weighted by Gasteiger charge is 2.24. The van der Waals surface area contributed by atoms with E-state index in [4.69, 9.17) is 5.73 Å². The second-order valence-corrected chi connectivity index (χ2v) is 8.87. The molecule has 2 aromatic heterocycles. The lowest BCUT2D eigenvalue weighted by Crippen LogP contribution is -2.16. The molecule has 0 saturated carbocycles. The van der Waals surface area contributed by atoms with Crippen LogP contribution in [0.2, 0.25) is 0 Å². The third kappa shape index (κ3) is 3.27. The molecular formula is C15H23N3S2.